The average molecular weight is 292 g/mol. The van der Waals surface area contributed by atoms with Gasteiger partial charge in [-0.15, -0.1) is 49.6 Å². The van der Waals surface area contributed by atoms with E-state index in [1.165, 1.54) is 18.6 Å². The molecule has 0 saturated heterocycles. The maximum atomic E-state index is 6.08. The Morgan fingerprint density at radius 2 is 0.571 bits per heavy atom. The van der Waals surface area contributed by atoms with Crippen LogP contribution in [0.15, 0.2) is 0 Å². The largest absolute Gasteiger partial charge is 0.344 e. The normalized spacial score (nSPS) is 2.79. The van der Waals surface area contributed by atoms with Crippen LogP contribution in [0.25, 0.3) is 0 Å². The fourth-order valence-electron chi connectivity index (χ4n) is 0. The molecule has 0 rings (SSSR count). The Morgan fingerprint density at radius 1 is 0.571 bits per heavy atom. The first-order chi connectivity index (χ1) is 4.24. The van der Waals surface area contributed by atoms with Gasteiger partial charge in [-0.2, -0.15) is 0 Å². The van der Waals surface area contributed by atoms with E-state index in [4.69, 9.17) is 16.2 Å². The Balaban J connectivity index is -0.00000000545. The van der Waals surface area contributed by atoms with Crippen molar-refractivity contribution in [2.24, 2.45) is 0 Å². The van der Waals surface area contributed by atoms with Crippen molar-refractivity contribution in [3.05, 3.63) is 0 Å². The molecule has 6 N–H and O–H groups in total. The molecule has 0 radical (unpaired) electrons. The maximum Gasteiger partial charge on any atom is -0.00788 e. The minimum Gasteiger partial charge on any atom is -0.344 e. The van der Waals surface area contributed by atoms with E-state index >= 15 is 0 Å². The third kappa shape index (κ3) is 88900. The van der Waals surface area contributed by atoms with Gasteiger partial charge in [-0.1, -0.05) is 0 Å². The standard InChI is InChI=1S/3C2H5N.4ClH.H3N/c3*1-2-3;;;;;/h3*2-3H,1H3;4*1H;1H3. The van der Waals surface area contributed by atoms with Crippen LogP contribution in [0.3, 0.4) is 0 Å². The molecule has 94 valence electrons. The molecule has 0 saturated carbocycles. The zero-order valence-corrected chi connectivity index (χ0v) is 11.8. The van der Waals surface area contributed by atoms with Gasteiger partial charge in [-0.3, -0.25) is 0 Å². The summed E-state index contributed by atoms with van der Waals surface area (Å²) < 4.78 is 0. The van der Waals surface area contributed by atoms with E-state index < -0.39 is 0 Å². The summed E-state index contributed by atoms with van der Waals surface area (Å²) in [5.41, 5.74) is 0. The molecule has 0 unspecified atom stereocenters. The molecule has 0 aromatic heterocycles. The van der Waals surface area contributed by atoms with Crippen molar-refractivity contribution in [1.29, 1.82) is 16.2 Å². The zero-order valence-electron chi connectivity index (χ0n) is 8.57. The molecular weight excluding hydrogens is 270 g/mol. The Morgan fingerprint density at radius 3 is 0.571 bits per heavy atom. The van der Waals surface area contributed by atoms with Crippen molar-refractivity contribution in [2.45, 2.75) is 20.8 Å². The van der Waals surface area contributed by atoms with E-state index in [0.29, 0.717) is 0 Å². The third-order valence-corrected chi connectivity index (χ3v) is 0. The van der Waals surface area contributed by atoms with Crippen LogP contribution in [0.4, 0.5) is 0 Å². The van der Waals surface area contributed by atoms with Gasteiger partial charge in [0.1, 0.15) is 0 Å². The van der Waals surface area contributed by atoms with Gasteiger partial charge in [0, 0.05) is 0 Å². The van der Waals surface area contributed by atoms with Crippen molar-refractivity contribution >= 4 is 68.3 Å². The van der Waals surface area contributed by atoms with Gasteiger partial charge >= 0.3 is 0 Å². The first kappa shape index (κ1) is 64.8. The first-order valence-electron chi connectivity index (χ1n) is 2.60. The van der Waals surface area contributed by atoms with Gasteiger partial charge in [0.25, 0.3) is 0 Å². The molecule has 0 bridgehead atoms. The molecule has 0 aliphatic rings. The molecule has 0 aromatic carbocycles. The Bertz CT molecular complexity index is 58.6. The predicted molar refractivity (Wildman–Crippen MR) is 77.4 cm³/mol. The molecule has 4 nitrogen and oxygen atoms in total. The molecule has 0 amide bonds. The molecular formula is C6H22Cl4N4. The molecule has 14 heavy (non-hydrogen) atoms. The summed E-state index contributed by atoms with van der Waals surface area (Å²) >= 11 is 0. The van der Waals surface area contributed by atoms with E-state index in [1.807, 2.05) is 0 Å². The number of rotatable bonds is 0. The Hall–Kier alpha value is 0.130. The average Bonchev–Trinajstić information content (AvgIpc) is 1.70. The van der Waals surface area contributed by atoms with Gasteiger partial charge in [0.2, 0.25) is 0 Å². The topological polar surface area (TPSA) is 107 Å². The summed E-state index contributed by atoms with van der Waals surface area (Å²) in [5.74, 6) is 0. The number of nitrogens with one attached hydrogen (secondary N) is 3. The lowest BCUT2D eigenvalue weighted by Crippen LogP contribution is -1.32. The molecule has 0 heterocycles. The second-order valence-corrected chi connectivity index (χ2v) is 0.866. The molecule has 0 aromatic rings. The lowest BCUT2D eigenvalue weighted by molar-refractivity contribution is 1.55. The summed E-state index contributed by atoms with van der Waals surface area (Å²) in [5, 5.41) is 18.2. The van der Waals surface area contributed by atoms with Crippen LogP contribution in [0, 0.1) is 16.2 Å². The Kier molecular flexibility index (Phi) is 913. The minimum absolute atomic E-state index is 0. The highest BCUT2D eigenvalue weighted by atomic mass is 35.5. The van der Waals surface area contributed by atoms with Crippen LogP contribution in [-0.2, 0) is 0 Å². The third-order valence-electron chi connectivity index (χ3n) is 0. The monoisotopic (exact) mass is 290 g/mol. The highest BCUT2D eigenvalue weighted by molar-refractivity contribution is 5.86. The first-order valence-corrected chi connectivity index (χ1v) is 2.60. The van der Waals surface area contributed by atoms with Crippen LogP contribution in [0.2, 0.25) is 0 Å². The van der Waals surface area contributed by atoms with Crippen LogP contribution < -0.4 is 6.15 Å². The van der Waals surface area contributed by atoms with Crippen molar-refractivity contribution in [3.63, 3.8) is 0 Å². The molecule has 0 aliphatic heterocycles. The van der Waals surface area contributed by atoms with E-state index in [0.717, 1.165) is 0 Å². The second kappa shape index (κ2) is 197. The molecule has 0 atom stereocenters. The van der Waals surface area contributed by atoms with E-state index in [2.05, 4.69) is 0 Å². The minimum atomic E-state index is 0. The van der Waals surface area contributed by atoms with Crippen molar-refractivity contribution in [1.82, 2.24) is 6.15 Å². The maximum absolute atomic E-state index is 6.08. The highest BCUT2D eigenvalue weighted by Crippen LogP contribution is 1.17. The summed E-state index contributed by atoms with van der Waals surface area (Å²) in [6.07, 6.45) is 3.75. The SMILES string of the molecule is CC=N.CC=N.CC=N.Cl.Cl.Cl.Cl.N. The smallest absolute Gasteiger partial charge is 0.00788 e. The van der Waals surface area contributed by atoms with Crippen molar-refractivity contribution in [2.75, 3.05) is 0 Å². The molecule has 0 aliphatic carbocycles. The second-order valence-electron chi connectivity index (χ2n) is 0.866. The van der Waals surface area contributed by atoms with Gasteiger partial charge in [-0.25, -0.2) is 0 Å². The summed E-state index contributed by atoms with van der Waals surface area (Å²) in [7, 11) is 0. The van der Waals surface area contributed by atoms with Gasteiger partial charge < -0.3 is 22.4 Å². The zero-order chi connectivity index (χ0) is 8.12. The molecule has 8 heteroatoms. The number of hydrogen-bond donors (Lipinski definition) is 4. The van der Waals surface area contributed by atoms with E-state index in [9.17, 15) is 0 Å². The summed E-state index contributed by atoms with van der Waals surface area (Å²) in [4.78, 5) is 0. The fourth-order valence-corrected chi connectivity index (χ4v) is 0. The van der Waals surface area contributed by atoms with Gasteiger partial charge in [0.15, 0.2) is 0 Å². The predicted octanol–water partition coefficient (Wildman–Crippen LogP) is 3.82. The van der Waals surface area contributed by atoms with Crippen LogP contribution in [0.1, 0.15) is 20.8 Å². The fraction of sp³-hybridized carbons (Fsp3) is 0.500. The van der Waals surface area contributed by atoms with Gasteiger partial charge in [0.05, 0.1) is 0 Å². The highest BCUT2D eigenvalue weighted by Gasteiger charge is 1.17. The van der Waals surface area contributed by atoms with Crippen molar-refractivity contribution < 1.29 is 0 Å². The lowest BCUT2D eigenvalue weighted by atomic mass is 10.9. The Labute approximate surface area is 111 Å². The van der Waals surface area contributed by atoms with Crippen LogP contribution >= 0.6 is 49.6 Å². The lowest BCUT2D eigenvalue weighted by Gasteiger charge is -1.30. The molecule has 0 spiro atoms. The summed E-state index contributed by atoms with van der Waals surface area (Å²) in [6, 6.07) is 0. The van der Waals surface area contributed by atoms with Crippen LogP contribution in [0.5, 0.6) is 0 Å². The van der Waals surface area contributed by atoms with Crippen LogP contribution in [-0.4, -0.2) is 18.6 Å². The quantitative estimate of drug-likeness (QED) is 0.500. The number of hydrogen-bond acceptors (Lipinski definition) is 4. The van der Waals surface area contributed by atoms with E-state index in [-0.39, 0.29) is 55.8 Å². The number of halogens is 4. The van der Waals surface area contributed by atoms with E-state index in [1.54, 1.807) is 20.8 Å². The van der Waals surface area contributed by atoms with Gasteiger partial charge in [-0.05, 0) is 39.4 Å². The molecule has 0 fully saturated rings. The summed E-state index contributed by atoms with van der Waals surface area (Å²) in [6.45, 7) is 5.00. The van der Waals surface area contributed by atoms with Crippen molar-refractivity contribution in [3.8, 4) is 0 Å².